The van der Waals surface area contributed by atoms with Gasteiger partial charge in [0.2, 0.25) is 0 Å². The second kappa shape index (κ2) is 8.63. The van der Waals surface area contributed by atoms with E-state index in [-0.39, 0.29) is 5.91 Å². The van der Waals surface area contributed by atoms with Gasteiger partial charge in [0, 0.05) is 49.8 Å². The zero-order chi connectivity index (χ0) is 20.3. The normalized spacial score (nSPS) is 22.0. The minimum atomic E-state index is -0.772. The quantitative estimate of drug-likeness (QED) is 0.780. The number of carbonyl (C=O) groups excluding carboxylic acids is 1. The second-order valence-electron chi connectivity index (χ2n) is 8.41. The summed E-state index contributed by atoms with van der Waals surface area (Å²) in [5.41, 5.74) is 3.24. The van der Waals surface area contributed by atoms with E-state index in [4.69, 9.17) is 0 Å². The molecule has 0 unspecified atom stereocenters. The Bertz CT molecular complexity index is 837. The highest BCUT2D eigenvalue weighted by Crippen LogP contribution is 2.27. The molecule has 1 aliphatic heterocycles. The summed E-state index contributed by atoms with van der Waals surface area (Å²) >= 11 is 0. The van der Waals surface area contributed by atoms with Crippen molar-refractivity contribution in [2.75, 3.05) is 26.2 Å². The number of likely N-dealkylation sites (N-methyl/N-ethyl adjacent to an activating group) is 1. The van der Waals surface area contributed by atoms with Crippen LogP contribution in [0.1, 0.15) is 59.9 Å². The summed E-state index contributed by atoms with van der Waals surface area (Å²) in [6.45, 7) is 5.65. The maximum absolute atomic E-state index is 13.0. The second-order valence-corrected chi connectivity index (χ2v) is 8.41. The number of carbonyl (C=O) groups is 1. The van der Waals surface area contributed by atoms with E-state index < -0.39 is 5.60 Å². The van der Waals surface area contributed by atoms with E-state index in [0.717, 1.165) is 50.0 Å². The van der Waals surface area contributed by atoms with Crippen LogP contribution in [0, 0.1) is 0 Å². The molecular formula is C22H31N5O2. The smallest absolute Gasteiger partial charge is 0.274 e. The van der Waals surface area contributed by atoms with Crippen LogP contribution in [0.2, 0.25) is 0 Å². The van der Waals surface area contributed by atoms with Gasteiger partial charge in [0.1, 0.15) is 0 Å². The minimum absolute atomic E-state index is 0.0118. The lowest BCUT2D eigenvalue weighted by Gasteiger charge is -2.33. The number of hydrogen-bond acceptors (Lipinski definition) is 5. The van der Waals surface area contributed by atoms with Crippen LogP contribution in [0.25, 0.3) is 0 Å². The molecule has 0 radical (unpaired) electrons. The van der Waals surface area contributed by atoms with Gasteiger partial charge in [0.15, 0.2) is 5.69 Å². The van der Waals surface area contributed by atoms with Crippen LogP contribution in [-0.4, -0.2) is 67.8 Å². The molecule has 3 heterocycles. The maximum Gasteiger partial charge on any atom is 0.274 e. The third kappa shape index (κ3) is 4.51. The van der Waals surface area contributed by atoms with Crippen molar-refractivity contribution >= 4 is 5.91 Å². The van der Waals surface area contributed by atoms with Crippen LogP contribution in [0.15, 0.2) is 24.5 Å². The molecule has 7 heteroatoms. The number of likely N-dealkylation sites (tertiary alicyclic amines) is 1. The molecule has 29 heavy (non-hydrogen) atoms. The molecule has 0 aromatic carbocycles. The SMILES string of the molecule is CCN(Cc1ccncc1)C[C@]1(O)CCCN(C(=O)c2n[nH]c3c2CCC3)CC1. The molecule has 2 N–H and O–H groups in total. The number of aromatic nitrogens is 3. The monoisotopic (exact) mass is 397 g/mol. The van der Waals surface area contributed by atoms with E-state index in [9.17, 15) is 9.90 Å². The number of nitrogens with one attached hydrogen (secondary N) is 1. The lowest BCUT2D eigenvalue weighted by molar-refractivity contribution is -0.00928. The lowest BCUT2D eigenvalue weighted by Crippen LogP contribution is -2.44. The highest BCUT2D eigenvalue weighted by Gasteiger charge is 2.34. The van der Waals surface area contributed by atoms with Gasteiger partial charge in [0.05, 0.1) is 5.60 Å². The van der Waals surface area contributed by atoms with Crippen molar-refractivity contribution in [2.24, 2.45) is 0 Å². The van der Waals surface area contributed by atoms with E-state index >= 15 is 0 Å². The molecular weight excluding hydrogens is 366 g/mol. The number of hydrogen-bond donors (Lipinski definition) is 2. The maximum atomic E-state index is 13.0. The Morgan fingerprint density at radius 2 is 2.07 bits per heavy atom. The lowest BCUT2D eigenvalue weighted by atomic mass is 9.94. The zero-order valence-electron chi connectivity index (χ0n) is 17.2. The average Bonchev–Trinajstić information content (AvgIpc) is 3.29. The molecule has 7 nitrogen and oxygen atoms in total. The first-order valence-electron chi connectivity index (χ1n) is 10.8. The number of nitrogens with zero attached hydrogens (tertiary/aromatic N) is 4. The number of H-pyrrole nitrogens is 1. The van der Waals surface area contributed by atoms with Crippen molar-refractivity contribution in [3.63, 3.8) is 0 Å². The Hall–Kier alpha value is -2.25. The summed E-state index contributed by atoms with van der Waals surface area (Å²) in [5, 5.41) is 18.6. The number of amides is 1. The topological polar surface area (TPSA) is 85.3 Å². The Labute approximate surface area is 172 Å². The molecule has 1 saturated heterocycles. The van der Waals surface area contributed by atoms with E-state index in [2.05, 4.69) is 27.0 Å². The van der Waals surface area contributed by atoms with Gasteiger partial charge in [0.25, 0.3) is 5.91 Å². The summed E-state index contributed by atoms with van der Waals surface area (Å²) in [5.74, 6) is 0.0118. The van der Waals surface area contributed by atoms with Gasteiger partial charge in [-0.05, 0) is 62.8 Å². The van der Waals surface area contributed by atoms with Gasteiger partial charge >= 0.3 is 0 Å². The first-order valence-corrected chi connectivity index (χ1v) is 10.8. The van der Waals surface area contributed by atoms with Gasteiger partial charge in [-0.3, -0.25) is 19.8 Å². The van der Waals surface area contributed by atoms with Gasteiger partial charge in [-0.15, -0.1) is 0 Å². The molecule has 2 aliphatic rings. The molecule has 4 rings (SSSR count). The Morgan fingerprint density at radius 3 is 2.86 bits per heavy atom. The number of fused-ring (bicyclic) bond motifs is 1. The number of aliphatic hydroxyl groups is 1. The molecule has 156 valence electrons. The molecule has 2 aromatic rings. The summed E-state index contributed by atoms with van der Waals surface area (Å²) in [7, 11) is 0. The summed E-state index contributed by atoms with van der Waals surface area (Å²) in [6.07, 6.45) is 8.73. The fourth-order valence-corrected chi connectivity index (χ4v) is 4.63. The van der Waals surface area contributed by atoms with Crippen molar-refractivity contribution < 1.29 is 9.90 Å². The summed E-state index contributed by atoms with van der Waals surface area (Å²) in [4.78, 5) is 21.3. The van der Waals surface area contributed by atoms with Crippen molar-refractivity contribution in [1.82, 2.24) is 25.0 Å². The van der Waals surface area contributed by atoms with Crippen LogP contribution in [0.4, 0.5) is 0 Å². The highest BCUT2D eigenvalue weighted by atomic mass is 16.3. The molecule has 1 atom stereocenters. The van der Waals surface area contributed by atoms with Crippen molar-refractivity contribution in [1.29, 1.82) is 0 Å². The Morgan fingerprint density at radius 1 is 1.24 bits per heavy atom. The van der Waals surface area contributed by atoms with E-state index in [0.29, 0.717) is 38.2 Å². The molecule has 1 fully saturated rings. The van der Waals surface area contributed by atoms with Gasteiger partial charge in [-0.2, -0.15) is 5.10 Å². The fourth-order valence-electron chi connectivity index (χ4n) is 4.63. The van der Waals surface area contributed by atoms with Gasteiger partial charge in [-0.1, -0.05) is 6.92 Å². The highest BCUT2D eigenvalue weighted by molar-refractivity contribution is 5.94. The van der Waals surface area contributed by atoms with E-state index in [1.165, 1.54) is 5.56 Å². The minimum Gasteiger partial charge on any atom is -0.388 e. The van der Waals surface area contributed by atoms with Crippen molar-refractivity contribution in [3.05, 3.63) is 47.0 Å². The van der Waals surface area contributed by atoms with Crippen molar-refractivity contribution in [3.8, 4) is 0 Å². The van der Waals surface area contributed by atoms with Crippen LogP contribution in [-0.2, 0) is 19.4 Å². The molecule has 1 amide bonds. The largest absolute Gasteiger partial charge is 0.388 e. The number of pyridine rings is 1. The first-order chi connectivity index (χ1) is 14.1. The van der Waals surface area contributed by atoms with E-state index in [1.807, 2.05) is 17.0 Å². The molecule has 1 aliphatic carbocycles. The van der Waals surface area contributed by atoms with Gasteiger partial charge < -0.3 is 10.0 Å². The molecule has 0 spiro atoms. The number of aromatic amines is 1. The van der Waals surface area contributed by atoms with Crippen LogP contribution >= 0.6 is 0 Å². The predicted octanol–water partition coefficient (Wildman–Crippen LogP) is 2.17. The number of rotatable bonds is 6. The average molecular weight is 398 g/mol. The predicted molar refractivity (Wildman–Crippen MR) is 111 cm³/mol. The van der Waals surface area contributed by atoms with Gasteiger partial charge in [-0.25, -0.2) is 0 Å². The first kappa shape index (κ1) is 20.0. The van der Waals surface area contributed by atoms with E-state index in [1.54, 1.807) is 12.4 Å². The summed E-state index contributed by atoms with van der Waals surface area (Å²) in [6, 6.07) is 4.03. The molecule has 0 saturated carbocycles. The van der Waals surface area contributed by atoms with Crippen LogP contribution in [0.3, 0.4) is 0 Å². The standard InChI is InChI=1S/C22H31N5O2/c1-2-26(15-17-7-11-23-12-8-17)16-22(29)9-4-13-27(14-10-22)21(28)20-18-5-3-6-19(18)24-25-20/h7-8,11-12,29H,2-6,9-10,13-16H2,1H3,(H,24,25)/t22-/m0/s1. The molecule has 0 bridgehead atoms. The van der Waals surface area contributed by atoms with Crippen LogP contribution < -0.4 is 0 Å². The van der Waals surface area contributed by atoms with Crippen molar-refractivity contribution in [2.45, 2.75) is 57.6 Å². The Balaban J connectivity index is 1.38. The fraction of sp³-hybridized carbons (Fsp3) is 0.591. The summed E-state index contributed by atoms with van der Waals surface area (Å²) < 4.78 is 0. The number of aryl methyl sites for hydroxylation is 1. The Kier molecular flexibility index (Phi) is 5.96. The zero-order valence-corrected chi connectivity index (χ0v) is 17.2. The molecule has 2 aromatic heterocycles. The third-order valence-electron chi connectivity index (χ3n) is 6.33. The third-order valence-corrected chi connectivity index (χ3v) is 6.33. The van der Waals surface area contributed by atoms with Crippen LogP contribution in [0.5, 0.6) is 0 Å².